The highest BCUT2D eigenvalue weighted by atomic mass is 16.5. The van der Waals surface area contributed by atoms with Crippen LogP contribution in [0.2, 0.25) is 0 Å². The Morgan fingerprint density at radius 3 is 2.35 bits per heavy atom. The smallest absolute Gasteiger partial charge is 0.161 e. The van der Waals surface area contributed by atoms with Crippen LogP contribution in [0.4, 0.5) is 5.69 Å². The van der Waals surface area contributed by atoms with E-state index in [1.807, 2.05) is 44.2 Å². The number of methoxy groups -OCH3 is 2. The summed E-state index contributed by atoms with van der Waals surface area (Å²) in [6.45, 7) is 3.88. The van der Waals surface area contributed by atoms with Gasteiger partial charge in [-0.15, -0.1) is 0 Å². The predicted octanol–water partition coefficient (Wildman–Crippen LogP) is 5.05. The van der Waals surface area contributed by atoms with Gasteiger partial charge in [0.2, 0.25) is 0 Å². The maximum absolute atomic E-state index is 9.96. The van der Waals surface area contributed by atoms with Gasteiger partial charge in [0, 0.05) is 18.2 Å². The standard InChI is InChI=1S/C24H28N4O3/c1-6-7-17(25)22-23(26-3)21(15-8-10-18(29)14(2)12-15)27-24(28-22)16-9-11-19(30-4)20(13-16)31-5/h8-13,25-26,29H,6-7H2,1-5H3. The third-order valence-electron chi connectivity index (χ3n) is 5.06. The van der Waals surface area contributed by atoms with Gasteiger partial charge < -0.3 is 25.3 Å². The maximum Gasteiger partial charge on any atom is 0.161 e. The average molecular weight is 421 g/mol. The van der Waals surface area contributed by atoms with Gasteiger partial charge >= 0.3 is 0 Å². The number of benzene rings is 2. The van der Waals surface area contributed by atoms with Gasteiger partial charge in [-0.2, -0.15) is 0 Å². The van der Waals surface area contributed by atoms with E-state index in [2.05, 4.69) is 5.32 Å². The van der Waals surface area contributed by atoms with Gasteiger partial charge in [-0.1, -0.05) is 13.3 Å². The van der Waals surface area contributed by atoms with Crippen molar-refractivity contribution in [1.29, 1.82) is 5.41 Å². The molecule has 0 aliphatic rings. The van der Waals surface area contributed by atoms with Gasteiger partial charge in [0.25, 0.3) is 0 Å². The van der Waals surface area contributed by atoms with E-state index in [0.29, 0.717) is 46.5 Å². The molecule has 0 saturated carbocycles. The molecule has 3 aromatic rings. The first-order valence-corrected chi connectivity index (χ1v) is 10.1. The van der Waals surface area contributed by atoms with Crippen LogP contribution in [-0.4, -0.2) is 42.1 Å². The van der Waals surface area contributed by atoms with Crippen molar-refractivity contribution >= 4 is 11.4 Å². The van der Waals surface area contributed by atoms with E-state index in [0.717, 1.165) is 23.1 Å². The highest BCUT2D eigenvalue weighted by Crippen LogP contribution is 2.36. The number of aromatic hydroxyl groups is 1. The lowest BCUT2D eigenvalue weighted by Crippen LogP contribution is -2.11. The number of nitrogens with zero attached hydrogens (tertiary/aromatic N) is 2. The van der Waals surface area contributed by atoms with E-state index in [-0.39, 0.29) is 5.75 Å². The van der Waals surface area contributed by atoms with Crippen LogP contribution in [-0.2, 0) is 0 Å². The zero-order chi connectivity index (χ0) is 22.5. The number of phenols is 1. The van der Waals surface area contributed by atoms with Crippen LogP contribution in [0.3, 0.4) is 0 Å². The van der Waals surface area contributed by atoms with Crippen molar-refractivity contribution in [3.63, 3.8) is 0 Å². The van der Waals surface area contributed by atoms with E-state index in [1.165, 1.54) is 0 Å². The second kappa shape index (κ2) is 9.47. The number of rotatable bonds is 8. The van der Waals surface area contributed by atoms with Gasteiger partial charge in [-0.05, 0) is 55.3 Å². The van der Waals surface area contributed by atoms with E-state index >= 15 is 0 Å². The number of hydrogen-bond donors (Lipinski definition) is 3. The molecule has 0 unspecified atom stereocenters. The molecule has 0 radical (unpaired) electrons. The fraction of sp³-hybridized carbons (Fsp3) is 0.292. The topological polar surface area (TPSA) is 100 Å². The molecule has 3 rings (SSSR count). The van der Waals surface area contributed by atoms with Gasteiger partial charge in [-0.3, -0.25) is 0 Å². The van der Waals surface area contributed by atoms with Crippen molar-refractivity contribution < 1.29 is 14.6 Å². The van der Waals surface area contributed by atoms with Crippen LogP contribution in [0.1, 0.15) is 31.0 Å². The van der Waals surface area contributed by atoms with E-state index in [9.17, 15) is 5.11 Å². The monoisotopic (exact) mass is 420 g/mol. The normalized spacial score (nSPS) is 10.6. The Bertz CT molecular complexity index is 1110. The van der Waals surface area contributed by atoms with Crippen molar-refractivity contribution in [3.05, 3.63) is 47.7 Å². The van der Waals surface area contributed by atoms with E-state index in [1.54, 1.807) is 27.3 Å². The minimum atomic E-state index is 0.225. The predicted molar refractivity (Wildman–Crippen MR) is 124 cm³/mol. The molecular formula is C24H28N4O3. The van der Waals surface area contributed by atoms with Crippen LogP contribution < -0.4 is 14.8 Å². The number of hydrogen-bond acceptors (Lipinski definition) is 7. The first kappa shape index (κ1) is 22.1. The lowest BCUT2D eigenvalue weighted by atomic mass is 10.0. The van der Waals surface area contributed by atoms with Gasteiger partial charge in [0.1, 0.15) is 11.4 Å². The molecule has 0 amide bonds. The van der Waals surface area contributed by atoms with Gasteiger partial charge in [0.05, 0.1) is 31.3 Å². The molecule has 1 heterocycles. The number of aryl methyl sites for hydroxylation is 1. The van der Waals surface area contributed by atoms with Crippen molar-refractivity contribution in [2.24, 2.45) is 0 Å². The number of ether oxygens (including phenoxy) is 2. The Morgan fingerprint density at radius 2 is 1.74 bits per heavy atom. The largest absolute Gasteiger partial charge is 0.508 e. The first-order valence-electron chi connectivity index (χ1n) is 10.1. The van der Waals surface area contributed by atoms with Crippen molar-refractivity contribution in [2.45, 2.75) is 26.7 Å². The summed E-state index contributed by atoms with van der Waals surface area (Å²) in [4.78, 5) is 9.59. The zero-order valence-electron chi connectivity index (χ0n) is 18.5. The second-order valence-electron chi connectivity index (χ2n) is 7.17. The third kappa shape index (κ3) is 4.45. The van der Waals surface area contributed by atoms with Crippen LogP contribution in [0.25, 0.3) is 22.6 Å². The molecule has 7 nitrogen and oxygen atoms in total. The van der Waals surface area contributed by atoms with Crippen LogP contribution in [0.5, 0.6) is 17.2 Å². The SMILES string of the molecule is CCCC(=N)c1nc(-c2ccc(OC)c(OC)c2)nc(-c2ccc(O)c(C)c2)c1NC. The van der Waals surface area contributed by atoms with Crippen molar-refractivity contribution in [1.82, 2.24) is 9.97 Å². The van der Waals surface area contributed by atoms with Crippen LogP contribution in [0, 0.1) is 12.3 Å². The van der Waals surface area contributed by atoms with Gasteiger partial charge in [0.15, 0.2) is 17.3 Å². The summed E-state index contributed by atoms with van der Waals surface area (Å²) in [5.41, 5.74) is 4.68. The average Bonchev–Trinajstić information content (AvgIpc) is 2.79. The fourth-order valence-electron chi connectivity index (χ4n) is 3.40. The Morgan fingerprint density at radius 1 is 1.03 bits per heavy atom. The lowest BCUT2D eigenvalue weighted by molar-refractivity contribution is 0.355. The number of anilines is 1. The second-order valence-corrected chi connectivity index (χ2v) is 7.17. The summed E-state index contributed by atoms with van der Waals surface area (Å²) in [5, 5.41) is 21.7. The molecule has 162 valence electrons. The molecule has 0 bridgehead atoms. The molecule has 0 aliphatic heterocycles. The minimum Gasteiger partial charge on any atom is -0.508 e. The van der Waals surface area contributed by atoms with Crippen LogP contribution >= 0.6 is 0 Å². The van der Waals surface area contributed by atoms with Crippen molar-refractivity contribution in [3.8, 4) is 39.9 Å². The molecule has 0 aliphatic carbocycles. The third-order valence-corrected chi connectivity index (χ3v) is 5.06. The van der Waals surface area contributed by atoms with Gasteiger partial charge in [-0.25, -0.2) is 9.97 Å². The summed E-state index contributed by atoms with van der Waals surface area (Å²) >= 11 is 0. The number of nitrogens with one attached hydrogen (secondary N) is 2. The molecule has 0 saturated heterocycles. The van der Waals surface area contributed by atoms with Crippen molar-refractivity contribution in [2.75, 3.05) is 26.6 Å². The van der Waals surface area contributed by atoms with E-state index in [4.69, 9.17) is 24.9 Å². The Labute approximate surface area is 182 Å². The Kier molecular flexibility index (Phi) is 6.74. The molecule has 0 atom stereocenters. The number of phenolic OH excluding ortho intramolecular Hbond substituents is 1. The molecule has 0 spiro atoms. The summed E-state index contributed by atoms with van der Waals surface area (Å²) < 4.78 is 10.8. The summed E-state index contributed by atoms with van der Waals surface area (Å²) in [5.74, 6) is 1.90. The summed E-state index contributed by atoms with van der Waals surface area (Å²) in [7, 11) is 4.97. The molecule has 7 heteroatoms. The first-order chi connectivity index (χ1) is 14.9. The number of aromatic nitrogens is 2. The highest BCUT2D eigenvalue weighted by Gasteiger charge is 2.20. The quantitative estimate of drug-likeness (QED) is 0.441. The summed E-state index contributed by atoms with van der Waals surface area (Å²) in [6, 6.07) is 10.9. The lowest BCUT2D eigenvalue weighted by Gasteiger charge is -2.17. The minimum absolute atomic E-state index is 0.225. The molecule has 0 fully saturated rings. The molecule has 3 N–H and O–H groups in total. The molecule has 1 aromatic heterocycles. The van der Waals surface area contributed by atoms with Crippen LogP contribution in [0.15, 0.2) is 36.4 Å². The molecular weight excluding hydrogens is 392 g/mol. The molecule has 2 aromatic carbocycles. The van der Waals surface area contributed by atoms with E-state index < -0.39 is 0 Å². The Hall–Kier alpha value is -3.61. The Balaban J connectivity index is 2.28. The fourth-order valence-corrected chi connectivity index (χ4v) is 3.40. The highest BCUT2D eigenvalue weighted by molar-refractivity contribution is 6.04. The zero-order valence-corrected chi connectivity index (χ0v) is 18.5. The maximum atomic E-state index is 9.96. The molecule has 31 heavy (non-hydrogen) atoms. The summed E-state index contributed by atoms with van der Waals surface area (Å²) in [6.07, 6.45) is 1.44.